The number of halogens is 1. The predicted octanol–water partition coefficient (Wildman–Crippen LogP) is 2.61. The van der Waals surface area contributed by atoms with Gasteiger partial charge in [-0.15, -0.1) is 0 Å². The molecule has 1 aliphatic rings. The number of carbonyl (C=O) groups excluding carboxylic acids is 1. The van der Waals surface area contributed by atoms with Gasteiger partial charge in [-0.05, 0) is 38.0 Å². The van der Waals surface area contributed by atoms with Crippen molar-refractivity contribution in [1.29, 1.82) is 0 Å². The maximum atomic E-state index is 14.0. The van der Waals surface area contributed by atoms with Crippen molar-refractivity contribution < 1.29 is 17.6 Å². The van der Waals surface area contributed by atoms with Gasteiger partial charge in [0.05, 0.1) is 16.9 Å². The molecule has 0 aromatic heterocycles. The van der Waals surface area contributed by atoms with Gasteiger partial charge in [0, 0.05) is 18.7 Å². The standard InChI is InChI=1S/C20H23FN2O3S/c1-20(2,16-8-4-5-9-17(16)21)19(24)22-12-14-27(25,26)23-13-11-15-7-3-6-10-18(15)23/h3-10H,11-14H2,1-2H3,(H,22,24). The van der Waals surface area contributed by atoms with Gasteiger partial charge >= 0.3 is 0 Å². The van der Waals surface area contributed by atoms with Crippen molar-refractivity contribution in [3.8, 4) is 0 Å². The van der Waals surface area contributed by atoms with Crippen LogP contribution >= 0.6 is 0 Å². The highest BCUT2D eigenvalue weighted by Crippen LogP contribution is 2.30. The highest BCUT2D eigenvalue weighted by atomic mass is 32.2. The van der Waals surface area contributed by atoms with Crippen LogP contribution in [0.2, 0.25) is 0 Å². The smallest absolute Gasteiger partial charge is 0.236 e. The predicted molar refractivity (Wildman–Crippen MR) is 104 cm³/mol. The summed E-state index contributed by atoms with van der Waals surface area (Å²) in [5.74, 6) is -1.08. The molecule has 0 fully saturated rings. The van der Waals surface area contributed by atoms with Crippen molar-refractivity contribution in [2.75, 3.05) is 23.1 Å². The van der Waals surface area contributed by atoms with Gasteiger partial charge in [0.2, 0.25) is 15.9 Å². The average Bonchev–Trinajstić information content (AvgIpc) is 3.06. The molecule has 2 aromatic carbocycles. The van der Waals surface area contributed by atoms with E-state index in [1.807, 2.05) is 18.2 Å². The Hall–Kier alpha value is -2.41. The summed E-state index contributed by atoms with van der Waals surface area (Å²) >= 11 is 0. The summed E-state index contributed by atoms with van der Waals surface area (Å²) in [6.45, 7) is 3.62. The topological polar surface area (TPSA) is 66.5 Å². The number of sulfonamides is 1. The molecule has 2 aromatic rings. The Morgan fingerprint density at radius 2 is 1.81 bits per heavy atom. The number of anilines is 1. The number of hydrogen-bond donors (Lipinski definition) is 1. The summed E-state index contributed by atoms with van der Waals surface area (Å²) in [5, 5.41) is 2.64. The fourth-order valence-electron chi connectivity index (χ4n) is 3.31. The third-order valence-electron chi connectivity index (χ3n) is 4.94. The van der Waals surface area contributed by atoms with Crippen LogP contribution in [-0.4, -0.2) is 33.2 Å². The quantitative estimate of drug-likeness (QED) is 0.825. The van der Waals surface area contributed by atoms with E-state index in [2.05, 4.69) is 5.32 Å². The molecule has 27 heavy (non-hydrogen) atoms. The summed E-state index contributed by atoms with van der Waals surface area (Å²) in [7, 11) is -3.54. The van der Waals surface area contributed by atoms with Crippen LogP contribution in [0.4, 0.5) is 10.1 Å². The number of hydrogen-bond acceptors (Lipinski definition) is 3. The second-order valence-corrected chi connectivity index (χ2v) is 9.14. The third kappa shape index (κ3) is 3.83. The number of amides is 1. The normalized spacial score (nSPS) is 14.1. The zero-order valence-corrected chi connectivity index (χ0v) is 16.2. The lowest BCUT2D eigenvalue weighted by molar-refractivity contribution is -0.125. The van der Waals surface area contributed by atoms with Gasteiger partial charge in [0.25, 0.3) is 0 Å². The van der Waals surface area contributed by atoms with Crippen LogP contribution in [0.3, 0.4) is 0 Å². The van der Waals surface area contributed by atoms with Crippen molar-refractivity contribution in [2.24, 2.45) is 0 Å². The molecule has 0 atom stereocenters. The second kappa shape index (κ2) is 7.31. The summed E-state index contributed by atoms with van der Waals surface area (Å²) in [6.07, 6.45) is 0.683. The van der Waals surface area contributed by atoms with Gasteiger partial charge in [-0.1, -0.05) is 36.4 Å². The fourth-order valence-corrected chi connectivity index (χ4v) is 4.74. The first-order chi connectivity index (χ1) is 12.7. The molecule has 1 aliphatic heterocycles. The first kappa shape index (κ1) is 19.4. The maximum Gasteiger partial charge on any atom is 0.236 e. The molecule has 7 heteroatoms. The van der Waals surface area contributed by atoms with Gasteiger partial charge in [-0.3, -0.25) is 9.10 Å². The molecule has 0 spiro atoms. The van der Waals surface area contributed by atoms with Crippen molar-refractivity contribution >= 4 is 21.6 Å². The van der Waals surface area contributed by atoms with E-state index in [9.17, 15) is 17.6 Å². The lowest BCUT2D eigenvalue weighted by Crippen LogP contribution is -2.43. The van der Waals surface area contributed by atoms with E-state index in [1.165, 1.54) is 10.4 Å². The number of benzene rings is 2. The number of fused-ring (bicyclic) bond motifs is 1. The Labute approximate surface area is 159 Å². The molecule has 3 rings (SSSR count). The third-order valence-corrected chi connectivity index (χ3v) is 6.71. The molecular weight excluding hydrogens is 367 g/mol. The average molecular weight is 390 g/mol. The van der Waals surface area contributed by atoms with E-state index in [0.717, 1.165) is 5.56 Å². The van der Waals surface area contributed by atoms with Crippen molar-refractivity contribution in [3.63, 3.8) is 0 Å². The van der Waals surface area contributed by atoms with E-state index in [4.69, 9.17) is 0 Å². The summed E-state index contributed by atoms with van der Waals surface area (Å²) in [6, 6.07) is 13.5. The Balaban J connectivity index is 1.64. The van der Waals surface area contributed by atoms with Crippen molar-refractivity contribution in [2.45, 2.75) is 25.7 Å². The van der Waals surface area contributed by atoms with Crippen LogP contribution < -0.4 is 9.62 Å². The van der Waals surface area contributed by atoms with Crippen LogP contribution in [0.1, 0.15) is 25.0 Å². The zero-order valence-electron chi connectivity index (χ0n) is 15.4. The monoisotopic (exact) mass is 390 g/mol. The van der Waals surface area contributed by atoms with Crippen LogP contribution in [0.25, 0.3) is 0 Å². The van der Waals surface area contributed by atoms with E-state index < -0.39 is 27.2 Å². The highest BCUT2D eigenvalue weighted by Gasteiger charge is 2.33. The Bertz CT molecular complexity index is 957. The minimum Gasteiger partial charge on any atom is -0.354 e. The Kier molecular flexibility index (Phi) is 5.24. The van der Waals surface area contributed by atoms with Gasteiger partial charge in [0.1, 0.15) is 5.82 Å². The first-order valence-corrected chi connectivity index (χ1v) is 10.5. The number of carbonyl (C=O) groups is 1. The molecule has 1 heterocycles. The molecule has 0 bridgehead atoms. The van der Waals surface area contributed by atoms with Crippen LogP contribution in [0, 0.1) is 5.82 Å². The molecule has 0 aliphatic carbocycles. The fraction of sp³-hybridized carbons (Fsp3) is 0.350. The van der Waals surface area contributed by atoms with Crippen molar-refractivity contribution in [1.82, 2.24) is 5.32 Å². The number of rotatable bonds is 6. The lowest BCUT2D eigenvalue weighted by Gasteiger charge is -2.25. The summed E-state index contributed by atoms with van der Waals surface area (Å²) in [4.78, 5) is 12.5. The van der Waals surface area contributed by atoms with Gasteiger partial charge in [-0.2, -0.15) is 0 Å². The SMILES string of the molecule is CC(C)(C(=O)NCCS(=O)(=O)N1CCc2ccccc21)c1ccccc1F. The van der Waals surface area contributed by atoms with E-state index in [0.29, 0.717) is 18.7 Å². The van der Waals surface area contributed by atoms with Crippen LogP contribution in [0.15, 0.2) is 48.5 Å². The number of nitrogens with zero attached hydrogens (tertiary/aromatic N) is 1. The molecular formula is C20H23FN2O3S. The van der Waals surface area contributed by atoms with Gasteiger partial charge in [-0.25, -0.2) is 12.8 Å². The Morgan fingerprint density at radius 1 is 1.15 bits per heavy atom. The lowest BCUT2D eigenvalue weighted by atomic mass is 9.83. The summed E-state index contributed by atoms with van der Waals surface area (Å²) < 4.78 is 40.7. The molecule has 144 valence electrons. The largest absolute Gasteiger partial charge is 0.354 e. The molecule has 0 saturated heterocycles. The first-order valence-electron chi connectivity index (χ1n) is 8.85. The molecule has 5 nitrogen and oxygen atoms in total. The molecule has 1 amide bonds. The summed E-state index contributed by atoms with van der Waals surface area (Å²) in [5.41, 5.74) is 0.884. The number of nitrogens with one attached hydrogen (secondary N) is 1. The van der Waals surface area contributed by atoms with Crippen molar-refractivity contribution in [3.05, 3.63) is 65.5 Å². The Morgan fingerprint density at radius 3 is 2.56 bits per heavy atom. The minimum atomic E-state index is -3.54. The maximum absolute atomic E-state index is 14.0. The molecule has 0 radical (unpaired) electrons. The minimum absolute atomic E-state index is 0.0300. The molecule has 0 unspecified atom stereocenters. The number of para-hydroxylation sites is 1. The molecule has 0 saturated carbocycles. The second-order valence-electron chi connectivity index (χ2n) is 7.13. The highest BCUT2D eigenvalue weighted by molar-refractivity contribution is 7.92. The van der Waals surface area contributed by atoms with Crippen LogP contribution in [-0.2, 0) is 26.7 Å². The molecule has 1 N–H and O–H groups in total. The van der Waals surface area contributed by atoms with Gasteiger partial charge < -0.3 is 5.32 Å². The van der Waals surface area contributed by atoms with Crippen LogP contribution in [0.5, 0.6) is 0 Å². The van der Waals surface area contributed by atoms with E-state index in [-0.39, 0.29) is 17.9 Å². The van der Waals surface area contributed by atoms with E-state index in [1.54, 1.807) is 38.1 Å². The zero-order chi connectivity index (χ0) is 19.7. The van der Waals surface area contributed by atoms with E-state index >= 15 is 0 Å². The van der Waals surface area contributed by atoms with Gasteiger partial charge in [0.15, 0.2) is 0 Å².